The molecule has 0 saturated carbocycles. The Morgan fingerprint density at radius 2 is 2.25 bits per heavy atom. The van der Waals surface area contributed by atoms with Gasteiger partial charge in [-0.3, -0.25) is 9.88 Å². The molecule has 0 spiro atoms. The summed E-state index contributed by atoms with van der Waals surface area (Å²) in [6.45, 7) is 5.63. The van der Waals surface area contributed by atoms with E-state index in [0.29, 0.717) is 18.2 Å². The van der Waals surface area contributed by atoms with Crippen molar-refractivity contribution in [2.24, 2.45) is 5.92 Å². The molecular formula is C20H25N5O2S. The Hall–Kier alpha value is -2.13. The first-order valence-electron chi connectivity index (χ1n) is 9.52. The smallest absolute Gasteiger partial charge is 0.224 e. The van der Waals surface area contributed by atoms with E-state index in [1.54, 1.807) is 17.5 Å². The Kier molecular flexibility index (Phi) is 5.54. The second-order valence-electron chi connectivity index (χ2n) is 7.36. The number of likely N-dealkylation sites (tertiary alicyclic amines) is 1. The molecule has 28 heavy (non-hydrogen) atoms. The third-order valence-electron chi connectivity index (χ3n) is 5.22. The zero-order valence-corrected chi connectivity index (χ0v) is 16.9. The zero-order chi connectivity index (χ0) is 19.7. The topological polar surface area (TPSA) is 94.4 Å². The van der Waals surface area contributed by atoms with E-state index >= 15 is 0 Å². The Morgan fingerprint density at radius 1 is 1.39 bits per heavy atom. The molecule has 3 unspecified atom stereocenters. The maximum atomic E-state index is 11.0. The Morgan fingerprint density at radius 3 is 2.96 bits per heavy atom. The standard InChI is InChI=1S/C20H25N5O2S/c1-12-8-16-18(28-12)17(19(27)25-7-5-14(10-25)11-26)24-20(23-16)22-13(2)15-4-3-6-21-9-15/h3-4,6,8-9,13-14,19,26-27H,5,7,10-11H2,1-2H3,(H,22,23,24). The summed E-state index contributed by atoms with van der Waals surface area (Å²) in [7, 11) is 0. The fraction of sp³-hybridized carbons (Fsp3) is 0.450. The molecule has 3 aromatic rings. The van der Waals surface area contributed by atoms with Crippen LogP contribution in [0.4, 0.5) is 5.95 Å². The molecule has 148 valence electrons. The highest BCUT2D eigenvalue weighted by atomic mass is 32.1. The van der Waals surface area contributed by atoms with Gasteiger partial charge >= 0.3 is 0 Å². The van der Waals surface area contributed by atoms with E-state index in [4.69, 9.17) is 0 Å². The third kappa shape index (κ3) is 3.86. The second-order valence-corrected chi connectivity index (χ2v) is 8.62. The normalized spacial score (nSPS) is 19.8. The molecule has 0 aliphatic carbocycles. The van der Waals surface area contributed by atoms with Crippen molar-refractivity contribution < 1.29 is 10.2 Å². The lowest BCUT2D eigenvalue weighted by Gasteiger charge is -2.23. The van der Waals surface area contributed by atoms with Gasteiger partial charge in [0, 0.05) is 37.0 Å². The highest BCUT2D eigenvalue weighted by Gasteiger charge is 2.30. The summed E-state index contributed by atoms with van der Waals surface area (Å²) in [6.07, 6.45) is 3.64. The van der Waals surface area contributed by atoms with Gasteiger partial charge in [-0.05, 0) is 43.9 Å². The number of hydrogen-bond acceptors (Lipinski definition) is 8. The van der Waals surface area contributed by atoms with Crippen LogP contribution in [-0.4, -0.2) is 49.8 Å². The van der Waals surface area contributed by atoms with Crippen LogP contribution in [0.3, 0.4) is 0 Å². The molecule has 7 nitrogen and oxygen atoms in total. The second kappa shape index (κ2) is 8.08. The van der Waals surface area contributed by atoms with Crippen LogP contribution in [-0.2, 0) is 0 Å². The van der Waals surface area contributed by atoms with Crippen molar-refractivity contribution in [3.05, 3.63) is 46.7 Å². The number of nitrogens with one attached hydrogen (secondary N) is 1. The van der Waals surface area contributed by atoms with Crippen LogP contribution < -0.4 is 5.32 Å². The van der Waals surface area contributed by atoms with Crippen LogP contribution in [0.2, 0.25) is 0 Å². The third-order valence-corrected chi connectivity index (χ3v) is 6.28. The lowest BCUT2D eigenvalue weighted by Crippen LogP contribution is -2.28. The number of hydrogen-bond donors (Lipinski definition) is 3. The minimum absolute atomic E-state index is 0.0126. The molecule has 8 heteroatoms. The molecule has 1 saturated heterocycles. The molecule has 3 N–H and O–H groups in total. The predicted octanol–water partition coefficient (Wildman–Crippen LogP) is 2.87. The number of aryl methyl sites for hydroxylation is 1. The lowest BCUT2D eigenvalue weighted by atomic mass is 10.1. The van der Waals surface area contributed by atoms with Crippen molar-refractivity contribution in [3.8, 4) is 0 Å². The minimum atomic E-state index is -0.811. The van der Waals surface area contributed by atoms with Gasteiger partial charge in [0.25, 0.3) is 0 Å². The number of thiophene rings is 1. The van der Waals surface area contributed by atoms with Crippen molar-refractivity contribution in [1.82, 2.24) is 19.9 Å². The van der Waals surface area contributed by atoms with Gasteiger partial charge in [-0.15, -0.1) is 11.3 Å². The highest BCUT2D eigenvalue weighted by molar-refractivity contribution is 7.19. The molecule has 1 aliphatic heterocycles. The summed E-state index contributed by atoms with van der Waals surface area (Å²) in [4.78, 5) is 16.6. The summed E-state index contributed by atoms with van der Waals surface area (Å²) in [6, 6.07) is 5.92. The van der Waals surface area contributed by atoms with Crippen LogP contribution in [0.15, 0.2) is 30.6 Å². The zero-order valence-electron chi connectivity index (χ0n) is 16.0. The molecule has 4 heterocycles. The van der Waals surface area contributed by atoms with Crippen molar-refractivity contribution in [3.63, 3.8) is 0 Å². The molecular weight excluding hydrogens is 374 g/mol. The Bertz CT molecular complexity index is 948. The van der Waals surface area contributed by atoms with Crippen LogP contribution in [0.1, 0.15) is 41.7 Å². The van der Waals surface area contributed by atoms with Gasteiger partial charge in [-0.2, -0.15) is 0 Å². The minimum Gasteiger partial charge on any atom is -0.396 e. The van der Waals surface area contributed by atoms with Crippen LogP contribution in [0, 0.1) is 12.8 Å². The summed E-state index contributed by atoms with van der Waals surface area (Å²) >= 11 is 1.60. The number of pyridine rings is 1. The van der Waals surface area contributed by atoms with E-state index in [-0.39, 0.29) is 18.6 Å². The van der Waals surface area contributed by atoms with E-state index in [2.05, 4.69) is 20.3 Å². The quantitative estimate of drug-likeness (QED) is 0.587. The van der Waals surface area contributed by atoms with Crippen molar-refractivity contribution >= 4 is 27.5 Å². The van der Waals surface area contributed by atoms with Gasteiger partial charge < -0.3 is 15.5 Å². The number of nitrogens with zero attached hydrogens (tertiary/aromatic N) is 4. The van der Waals surface area contributed by atoms with E-state index in [0.717, 1.165) is 33.6 Å². The highest BCUT2D eigenvalue weighted by Crippen LogP contribution is 2.34. The van der Waals surface area contributed by atoms with Crippen LogP contribution in [0.5, 0.6) is 0 Å². The van der Waals surface area contributed by atoms with Crippen molar-refractivity contribution in [2.45, 2.75) is 32.5 Å². The largest absolute Gasteiger partial charge is 0.396 e. The molecule has 1 aliphatic rings. The predicted molar refractivity (Wildman–Crippen MR) is 110 cm³/mol. The van der Waals surface area contributed by atoms with E-state index in [9.17, 15) is 10.2 Å². The summed E-state index contributed by atoms with van der Waals surface area (Å²) in [5, 5.41) is 23.8. The number of aliphatic hydroxyl groups excluding tert-OH is 2. The number of aromatic nitrogens is 3. The van der Waals surface area contributed by atoms with Gasteiger partial charge in [0.05, 0.1) is 16.3 Å². The molecule has 3 aromatic heterocycles. The fourth-order valence-corrected chi connectivity index (χ4v) is 4.58. The number of aliphatic hydroxyl groups is 2. The first-order chi connectivity index (χ1) is 13.5. The average Bonchev–Trinajstić information content (AvgIpc) is 3.33. The molecule has 0 amide bonds. The van der Waals surface area contributed by atoms with Crippen molar-refractivity contribution in [1.29, 1.82) is 0 Å². The lowest BCUT2D eigenvalue weighted by molar-refractivity contribution is 0.0126. The molecule has 0 aromatic carbocycles. The summed E-state index contributed by atoms with van der Waals surface area (Å²) in [5.41, 5.74) is 2.51. The van der Waals surface area contributed by atoms with Gasteiger partial charge in [0.15, 0.2) is 6.23 Å². The average molecular weight is 400 g/mol. The van der Waals surface area contributed by atoms with E-state index < -0.39 is 6.23 Å². The maximum absolute atomic E-state index is 11.0. The first-order valence-corrected chi connectivity index (χ1v) is 10.3. The van der Waals surface area contributed by atoms with E-state index in [1.807, 2.05) is 43.1 Å². The Labute approximate surface area is 168 Å². The van der Waals surface area contributed by atoms with Gasteiger partial charge in [0.2, 0.25) is 5.95 Å². The van der Waals surface area contributed by atoms with Gasteiger partial charge in [0.1, 0.15) is 5.69 Å². The number of rotatable bonds is 6. The molecule has 0 bridgehead atoms. The summed E-state index contributed by atoms with van der Waals surface area (Å²) < 4.78 is 0.914. The molecule has 4 rings (SSSR count). The van der Waals surface area contributed by atoms with Crippen LogP contribution in [0.25, 0.3) is 10.2 Å². The molecule has 0 radical (unpaired) electrons. The van der Waals surface area contributed by atoms with E-state index in [1.165, 1.54) is 0 Å². The monoisotopic (exact) mass is 399 g/mol. The Balaban J connectivity index is 1.65. The molecule has 3 atom stereocenters. The fourth-order valence-electron chi connectivity index (χ4n) is 3.63. The number of fused-ring (bicyclic) bond motifs is 1. The van der Waals surface area contributed by atoms with Crippen LogP contribution >= 0.6 is 11.3 Å². The van der Waals surface area contributed by atoms with Gasteiger partial charge in [-0.25, -0.2) is 9.97 Å². The molecule has 1 fully saturated rings. The number of anilines is 1. The first kappa shape index (κ1) is 19.2. The van der Waals surface area contributed by atoms with Crippen molar-refractivity contribution in [2.75, 3.05) is 25.0 Å². The SMILES string of the molecule is Cc1cc2nc(NC(C)c3cccnc3)nc(C(O)N3CCC(CO)C3)c2s1. The maximum Gasteiger partial charge on any atom is 0.224 e. The summed E-state index contributed by atoms with van der Waals surface area (Å²) in [5.74, 6) is 0.703. The van der Waals surface area contributed by atoms with Gasteiger partial charge in [-0.1, -0.05) is 6.07 Å².